The molecule has 0 radical (unpaired) electrons. The quantitative estimate of drug-likeness (QED) is 0.870. The van der Waals surface area contributed by atoms with Gasteiger partial charge in [-0.25, -0.2) is 0 Å². The molecule has 0 aliphatic carbocycles. The molecule has 1 fully saturated rings. The zero-order valence-corrected chi connectivity index (χ0v) is 12.0. The minimum atomic E-state index is -0.717. The molecule has 1 aromatic rings. The summed E-state index contributed by atoms with van der Waals surface area (Å²) in [5.41, 5.74) is 2.20. The van der Waals surface area contributed by atoms with Gasteiger partial charge >= 0.3 is 5.97 Å². The number of carboxylic acid groups (broad SMARTS) is 1. The normalized spacial score (nSPS) is 27.7. The molecule has 4 nitrogen and oxygen atoms in total. The summed E-state index contributed by atoms with van der Waals surface area (Å²) in [6.45, 7) is 4.75. The van der Waals surface area contributed by atoms with Gasteiger partial charge in [0.25, 0.3) is 0 Å². The third-order valence-electron chi connectivity index (χ3n) is 4.36. The Morgan fingerprint density at radius 3 is 2.95 bits per heavy atom. The molecule has 0 amide bonds. The zero-order chi connectivity index (χ0) is 14.3. The highest BCUT2D eigenvalue weighted by Crippen LogP contribution is 2.41. The average Bonchev–Trinajstić information content (AvgIpc) is 2.86. The third-order valence-corrected chi connectivity index (χ3v) is 4.36. The number of carbonyl (C=O) groups is 1. The lowest BCUT2D eigenvalue weighted by Gasteiger charge is -2.34. The number of fused-ring (bicyclic) bond motifs is 1. The second kappa shape index (κ2) is 4.77. The average molecular weight is 275 g/mol. The smallest absolute Gasteiger partial charge is 0.307 e. The maximum atomic E-state index is 11.1. The zero-order valence-electron chi connectivity index (χ0n) is 12.0. The fourth-order valence-corrected chi connectivity index (χ4v) is 3.12. The monoisotopic (exact) mass is 275 g/mol. The van der Waals surface area contributed by atoms with Crippen molar-refractivity contribution in [1.29, 1.82) is 0 Å². The van der Waals surface area contributed by atoms with Crippen LogP contribution in [0.3, 0.4) is 0 Å². The molecule has 0 saturated carbocycles. The highest BCUT2D eigenvalue weighted by molar-refractivity contribution is 5.71. The topological polar surface area (TPSA) is 58.6 Å². The van der Waals surface area contributed by atoms with Crippen LogP contribution in [0.4, 0.5) is 0 Å². The van der Waals surface area contributed by atoms with Crippen molar-refractivity contribution in [3.05, 3.63) is 29.3 Å². The molecule has 1 saturated heterocycles. The molecule has 0 spiro atoms. The van der Waals surface area contributed by atoms with E-state index in [2.05, 4.69) is 31.3 Å². The number of hydrogen-bond acceptors (Lipinski definition) is 3. The van der Waals surface area contributed by atoms with Crippen LogP contribution >= 0.6 is 0 Å². The van der Waals surface area contributed by atoms with Gasteiger partial charge in [0, 0.05) is 18.2 Å². The van der Waals surface area contributed by atoms with E-state index in [-0.39, 0.29) is 17.6 Å². The molecule has 108 valence electrons. The van der Waals surface area contributed by atoms with Gasteiger partial charge in [0.15, 0.2) is 0 Å². The number of aryl methyl sites for hydroxylation is 1. The molecule has 0 bridgehead atoms. The van der Waals surface area contributed by atoms with Crippen molar-refractivity contribution in [2.24, 2.45) is 5.92 Å². The number of rotatable bonds is 2. The van der Waals surface area contributed by atoms with E-state index in [0.29, 0.717) is 13.0 Å². The number of ether oxygens (including phenoxy) is 1. The molecule has 2 aliphatic rings. The predicted molar refractivity (Wildman–Crippen MR) is 76.0 cm³/mol. The lowest BCUT2D eigenvalue weighted by atomic mass is 9.90. The Kier molecular flexibility index (Phi) is 3.21. The highest BCUT2D eigenvalue weighted by atomic mass is 16.5. The number of carboxylic acids is 1. The first-order chi connectivity index (χ1) is 9.46. The van der Waals surface area contributed by atoms with E-state index in [9.17, 15) is 4.79 Å². The van der Waals surface area contributed by atoms with Gasteiger partial charge in [0.05, 0.1) is 5.92 Å². The van der Waals surface area contributed by atoms with Gasteiger partial charge in [0.1, 0.15) is 11.4 Å². The van der Waals surface area contributed by atoms with Crippen molar-refractivity contribution in [3.63, 3.8) is 0 Å². The van der Waals surface area contributed by atoms with E-state index < -0.39 is 5.97 Å². The summed E-state index contributed by atoms with van der Waals surface area (Å²) in [4.78, 5) is 11.1. The van der Waals surface area contributed by atoms with E-state index in [4.69, 9.17) is 9.84 Å². The van der Waals surface area contributed by atoms with E-state index >= 15 is 0 Å². The fraction of sp³-hybridized carbons (Fsp3) is 0.562. The van der Waals surface area contributed by atoms with Gasteiger partial charge in [-0.15, -0.1) is 0 Å². The maximum Gasteiger partial charge on any atom is 0.307 e. The first kappa shape index (κ1) is 13.4. The van der Waals surface area contributed by atoms with Crippen LogP contribution in [0, 0.1) is 5.92 Å². The van der Waals surface area contributed by atoms with Crippen molar-refractivity contribution in [2.75, 3.05) is 6.54 Å². The molecule has 2 N–H and O–H groups in total. The van der Waals surface area contributed by atoms with E-state index in [1.807, 2.05) is 6.07 Å². The van der Waals surface area contributed by atoms with Gasteiger partial charge in [-0.05, 0) is 38.7 Å². The summed E-state index contributed by atoms with van der Waals surface area (Å²) in [5.74, 6) is -0.0502. The summed E-state index contributed by atoms with van der Waals surface area (Å²) in [5, 5.41) is 12.4. The molecule has 2 heterocycles. The van der Waals surface area contributed by atoms with Gasteiger partial charge in [-0.3, -0.25) is 4.79 Å². The van der Waals surface area contributed by atoms with Crippen molar-refractivity contribution >= 4 is 5.97 Å². The molecule has 1 aromatic carbocycles. The van der Waals surface area contributed by atoms with Crippen LogP contribution in [-0.2, 0) is 11.2 Å². The van der Waals surface area contributed by atoms with Crippen molar-refractivity contribution in [3.8, 4) is 5.75 Å². The Hall–Kier alpha value is -1.55. The Labute approximate surface area is 119 Å². The Bertz CT molecular complexity index is 539. The summed E-state index contributed by atoms with van der Waals surface area (Å²) < 4.78 is 6.17. The van der Waals surface area contributed by atoms with E-state index in [1.165, 1.54) is 5.56 Å². The molecule has 20 heavy (non-hydrogen) atoms. The van der Waals surface area contributed by atoms with Crippen LogP contribution in [0.15, 0.2) is 18.2 Å². The van der Waals surface area contributed by atoms with Crippen molar-refractivity contribution in [1.82, 2.24) is 5.32 Å². The number of hydrogen-bond donors (Lipinski definition) is 2. The van der Waals surface area contributed by atoms with Crippen LogP contribution in [0.25, 0.3) is 0 Å². The number of benzene rings is 1. The molecule has 2 atom stereocenters. The van der Waals surface area contributed by atoms with E-state index in [1.54, 1.807) is 0 Å². The van der Waals surface area contributed by atoms with Crippen molar-refractivity contribution in [2.45, 2.75) is 44.8 Å². The van der Waals surface area contributed by atoms with Gasteiger partial charge in [-0.1, -0.05) is 18.2 Å². The third kappa shape index (κ3) is 2.40. The van der Waals surface area contributed by atoms with Gasteiger partial charge in [0.2, 0.25) is 0 Å². The molecular weight excluding hydrogens is 254 g/mol. The van der Waals surface area contributed by atoms with Crippen LogP contribution in [0.1, 0.15) is 43.9 Å². The molecule has 4 heteroatoms. The predicted octanol–water partition coefficient (Wildman–Crippen LogP) is 2.53. The highest BCUT2D eigenvalue weighted by Gasteiger charge is 2.35. The van der Waals surface area contributed by atoms with Crippen LogP contribution in [0.2, 0.25) is 0 Å². The summed E-state index contributed by atoms with van der Waals surface area (Å²) in [7, 11) is 0. The van der Waals surface area contributed by atoms with Gasteiger partial charge < -0.3 is 15.2 Å². The van der Waals surface area contributed by atoms with E-state index in [0.717, 1.165) is 24.2 Å². The lowest BCUT2D eigenvalue weighted by molar-refractivity contribution is -0.141. The summed E-state index contributed by atoms with van der Waals surface area (Å²) >= 11 is 0. The second-order valence-electron chi connectivity index (χ2n) is 6.43. The number of para-hydroxylation sites is 1. The second-order valence-corrected chi connectivity index (χ2v) is 6.43. The minimum Gasteiger partial charge on any atom is -0.487 e. The lowest BCUT2D eigenvalue weighted by Crippen LogP contribution is -2.33. The van der Waals surface area contributed by atoms with Crippen LogP contribution in [-0.4, -0.2) is 23.2 Å². The SMILES string of the molecule is CC1(C)CCc2cccc(C3CC(C(=O)O)CN3)c2O1. The Morgan fingerprint density at radius 1 is 1.45 bits per heavy atom. The van der Waals surface area contributed by atoms with Crippen LogP contribution < -0.4 is 10.1 Å². The van der Waals surface area contributed by atoms with Crippen molar-refractivity contribution < 1.29 is 14.6 Å². The molecular formula is C16H21NO3. The largest absolute Gasteiger partial charge is 0.487 e. The standard InChI is InChI=1S/C16H21NO3/c1-16(2)7-6-10-4-3-5-12(14(10)20-16)13-8-11(9-17-13)15(18)19/h3-5,11,13,17H,6-9H2,1-2H3,(H,18,19). The Balaban J connectivity index is 1.90. The molecule has 2 aliphatic heterocycles. The summed E-state index contributed by atoms with van der Waals surface area (Å²) in [6, 6.07) is 6.30. The fourth-order valence-electron chi connectivity index (χ4n) is 3.12. The number of aliphatic carboxylic acids is 1. The molecule has 3 rings (SSSR count). The van der Waals surface area contributed by atoms with Crippen LogP contribution in [0.5, 0.6) is 5.75 Å². The molecule has 2 unspecified atom stereocenters. The number of nitrogens with one attached hydrogen (secondary N) is 1. The maximum absolute atomic E-state index is 11.1. The Morgan fingerprint density at radius 2 is 2.25 bits per heavy atom. The minimum absolute atomic E-state index is 0.0833. The van der Waals surface area contributed by atoms with Gasteiger partial charge in [-0.2, -0.15) is 0 Å². The first-order valence-corrected chi connectivity index (χ1v) is 7.23. The summed E-state index contributed by atoms with van der Waals surface area (Å²) in [6.07, 6.45) is 2.67. The molecule has 0 aromatic heterocycles. The first-order valence-electron chi connectivity index (χ1n) is 7.23.